The first kappa shape index (κ1) is 16.2. The molecule has 7 heteroatoms. The Morgan fingerprint density at radius 1 is 1.14 bits per heavy atom. The van der Waals surface area contributed by atoms with Crippen LogP contribution in [-0.4, -0.2) is 58.1 Å². The maximum atomic E-state index is 12.6. The van der Waals surface area contributed by atoms with E-state index in [4.69, 9.17) is 0 Å². The largest absolute Gasteiger partial charge is 0.384 e. The lowest BCUT2D eigenvalue weighted by Crippen LogP contribution is -2.52. The van der Waals surface area contributed by atoms with Crippen molar-refractivity contribution in [1.29, 1.82) is 0 Å². The van der Waals surface area contributed by atoms with Crippen molar-refractivity contribution in [3.63, 3.8) is 0 Å². The van der Waals surface area contributed by atoms with Gasteiger partial charge in [0.1, 0.15) is 4.90 Å². The molecule has 0 aromatic heterocycles. The second-order valence-corrected chi connectivity index (χ2v) is 6.94. The van der Waals surface area contributed by atoms with Crippen LogP contribution in [0.2, 0.25) is 0 Å². The first-order chi connectivity index (χ1) is 10.0. The molecule has 0 unspecified atom stereocenters. The van der Waals surface area contributed by atoms with E-state index in [1.54, 1.807) is 23.2 Å². The van der Waals surface area contributed by atoms with Crippen molar-refractivity contribution < 1.29 is 8.42 Å². The molecule has 0 radical (unpaired) electrons. The van der Waals surface area contributed by atoms with Gasteiger partial charge in [-0.2, -0.15) is 0 Å². The van der Waals surface area contributed by atoms with Crippen LogP contribution in [-0.2, 0) is 10.0 Å². The van der Waals surface area contributed by atoms with Crippen molar-refractivity contribution in [3.05, 3.63) is 24.3 Å². The molecule has 0 atom stereocenters. The quantitative estimate of drug-likeness (QED) is 0.819. The number of hydrazine groups is 1. The van der Waals surface area contributed by atoms with E-state index in [0.29, 0.717) is 23.7 Å². The molecule has 0 spiro atoms. The predicted molar refractivity (Wildman–Crippen MR) is 84.6 cm³/mol. The van der Waals surface area contributed by atoms with E-state index >= 15 is 0 Å². The van der Waals surface area contributed by atoms with Gasteiger partial charge in [-0.3, -0.25) is 0 Å². The van der Waals surface area contributed by atoms with Gasteiger partial charge in [0.15, 0.2) is 0 Å². The highest BCUT2D eigenvalue weighted by Gasteiger charge is 2.23. The third kappa shape index (κ3) is 4.41. The fourth-order valence-electron chi connectivity index (χ4n) is 2.22. The van der Waals surface area contributed by atoms with E-state index in [0.717, 1.165) is 26.1 Å². The van der Waals surface area contributed by atoms with Crippen LogP contribution in [0.3, 0.4) is 0 Å². The van der Waals surface area contributed by atoms with Crippen LogP contribution in [0, 0.1) is 0 Å². The number of nitrogens with one attached hydrogen (secondary N) is 2. The minimum absolute atomic E-state index is 0.303. The Morgan fingerprint density at radius 3 is 2.48 bits per heavy atom. The first-order valence-electron chi connectivity index (χ1n) is 7.32. The summed E-state index contributed by atoms with van der Waals surface area (Å²) in [6.07, 6.45) is 0.945. The first-order valence-corrected chi connectivity index (χ1v) is 8.80. The fraction of sp³-hybridized carbons (Fsp3) is 0.571. The molecule has 6 nitrogen and oxygen atoms in total. The molecule has 118 valence electrons. The molecule has 1 aromatic carbocycles. The van der Waals surface area contributed by atoms with Crippen LogP contribution in [0.4, 0.5) is 5.69 Å². The molecule has 1 heterocycles. The average molecular weight is 312 g/mol. The monoisotopic (exact) mass is 312 g/mol. The van der Waals surface area contributed by atoms with Crippen molar-refractivity contribution in [1.82, 2.24) is 14.7 Å². The summed E-state index contributed by atoms with van der Waals surface area (Å²) < 4.78 is 25.1. The van der Waals surface area contributed by atoms with Gasteiger partial charge in [-0.05, 0) is 25.6 Å². The SMILES string of the molecule is CCCNc1ccccc1S(=O)(=O)NN1CCN(C)CC1. The van der Waals surface area contributed by atoms with Gasteiger partial charge in [-0.25, -0.2) is 13.4 Å². The number of para-hydroxylation sites is 1. The maximum absolute atomic E-state index is 12.6. The number of piperazine rings is 1. The number of nitrogens with zero attached hydrogens (tertiary/aromatic N) is 2. The summed E-state index contributed by atoms with van der Waals surface area (Å²) in [6, 6.07) is 7.02. The van der Waals surface area contributed by atoms with Crippen molar-refractivity contribution in [2.45, 2.75) is 18.2 Å². The van der Waals surface area contributed by atoms with Crippen LogP contribution in [0.1, 0.15) is 13.3 Å². The number of sulfonamides is 1. The molecule has 0 bridgehead atoms. The van der Waals surface area contributed by atoms with Crippen LogP contribution >= 0.6 is 0 Å². The highest BCUT2D eigenvalue weighted by Crippen LogP contribution is 2.21. The van der Waals surface area contributed by atoms with Crippen molar-refractivity contribution in [3.8, 4) is 0 Å². The van der Waals surface area contributed by atoms with E-state index in [2.05, 4.69) is 15.0 Å². The lowest BCUT2D eigenvalue weighted by Gasteiger charge is -2.32. The van der Waals surface area contributed by atoms with Crippen molar-refractivity contribution >= 4 is 15.7 Å². The fourth-order valence-corrected chi connectivity index (χ4v) is 3.53. The van der Waals surface area contributed by atoms with E-state index in [1.807, 2.05) is 20.0 Å². The summed E-state index contributed by atoms with van der Waals surface area (Å²) in [5, 5.41) is 4.94. The molecular weight excluding hydrogens is 288 g/mol. The highest BCUT2D eigenvalue weighted by molar-refractivity contribution is 7.89. The second-order valence-electron chi connectivity index (χ2n) is 5.31. The predicted octanol–water partition coefficient (Wildman–Crippen LogP) is 0.949. The Labute approximate surface area is 127 Å². The van der Waals surface area contributed by atoms with Crippen LogP contribution in [0.15, 0.2) is 29.2 Å². The van der Waals surface area contributed by atoms with Crippen molar-refractivity contribution in [2.75, 3.05) is 45.1 Å². The lowest BCUT2D eigenvalue weighted by atomic mass is 10.3. The van der Waals surface area contributed by atoms with Gasteiger partial charge in [0.2, 0.25) is 0 Å². The maximum Gasteiger partial charge on any atom is 0.255 e. The van der Waals surface area contributed by atoms with Crippen molar-refractivity contribution in [2.24, 2.45) is 0 Å². The Hall–Kier alpha value is -1.15. The van der Waals surface area contributed by atoms with Gasteiger partial charge < -0.3 is 10.2 Å². The summed E-state index contributed by atoms with van der Waals surface area (Å²) in [5.41, 5.74) is 0.654. The molecule has 1 saturated heterocycles. The number of likely N-dealkylation sites (N-methyl/N-ethyl adjacent to an activating group) is 1. The van der Waals surface area contributed by atoms with Gasteiger partial charge in [0, 0.05) is 32.7 Å². The molecular formula is C14H24N4O2S. The molecule has 2 rings (SSSR count). The van der Waals surface area contributed by atoms with E-state index < -0.39 is 10.0 Å². The number of hydrogen-bond acceptors (Lipinski definition) is 5. The number of hydrogen-bond donors (Lipinski definition) is 2. The van der Waals surface area contributed by atoms with E-state index in [9.17, 15) is 8.42 Å². The smallest absolute Gasteiger partial charge is 0.255 e. The van der Waals surface area contributed by atoms with E-state index in [-0.39, 0.29) is 0 Å². The Morgan fingerprint density at radius 2 is 1.81 bits per heavy atom. The normalized spacial score (nSPS) is 17.8. The van der Waals surface area contributed by atoms with Crippen LogP contribution in [0.5, 0.6) is 0 Å². The molecule has 0 saturated carbocycles. The second kappa shape index (κ2) is 7.22. The van der Waals surface area contributed by atoms with Gasteiger partial charge in [-0.15, -0.1) is 4.83 Å². The van der Waals surface area contributed by atoms with Crippen LogP contribution in [0.25, 0.3) is 0 Å². The topological polar surface area (TPSA) is 64.7 Å². The van der Waals surface area contributed by atoms with Gasteiger partial charge in [0.05, 0.1) is 5.69 Å². The summed E-state index contributed by atoms with van der Waals surface area (Å²) >= 11 is 0. The number of anilines is 1. The summed E-state index contributed by atoms with van der Waals surface area (Å²) in [6.45, 7) is 5.91. The number of benzene rings is 1. The zero-order valence-electron chi connectivity index (χ0n) is 12.7. The summed E-state index contributed by atoms with van der Waals surface area (Å²) in [7, 11) is -1.51. The molecule has 21 heavy (non-hydrogen) atoms. The number of rotatable bonds is 6. The van der Waals surface area contributed by atoms with Crippen LogP contribution < -0.4 is 10.1 Å². The molecule has 1 aliphatic rings. The Kier molecular flexibility index (Phi) is 5.58. The molecule has 1 aliphatic heterocycles. The minimum atomic E-state index is -3.54. The third-order valence-corrected chi connectivity index (χ3v) is 4.93. The molecule has 1 fully saturated rings. The minimum Gasteiger partial charge on any atom is -0.384 e. The zero-order chi connectivity index (χ0) is 15.3. The molecule has 0 aliphatic carbocycles. The van der Waals surface area contributed by atoms with E-state index in [1.165, 1.54) is 0 Å². The summed E-state index contributed by atoms with van der Waals surface area (Å²) in [4.78, 5) is 5.17. The summed E-state index contributed by atoms with van der Waals surface area (Å²) in [5.74, 6) is 0. The lowest BCUT2D eigenvalue weighted by molar-refractivity contribution is 0.135. The van der Waals surface area contributed by atoms with Gasteiger partial charge >= 0.3 is 0 Å². The molecule has 2 N–H and O–H groups in total. The average Bonchev–Trinajstić information content (AvgIpc) is 2.47. The van der Waals surface area contributed by atoms with Gasteiger partial charge in [-0.1, -0.05) is 19.1 Å². The molecule has 0 amide bonds. The standard InChI is InChI=1S/C14H24N4O2S/c1-3-8-15-13-6-4-5-7-14(13)21(19,20)16-18-11-9-17(2)10-12-18/h4-7,15-16H,3,8-12H2,1-2H3. The zero-order valence-corrected chi connectivity index (χ0v) is 13.5. The Balaban J connectivity index is 2.12. The highest BCUT2D eigenvalue weighted by atomic mass is 32.2. The molecule has 1 aromatic rings. The third-order valence-electron chi connectivity index (χ3n) is 3.49. The van der Waals surface area contributed by atoms with Gasteiger partial charge in [0.25, 0.3) is 10.0 Å². The Bertz CT molecular complexity index is 554.